The highest BCUT2D eigenvalue weighted by Crippen LogP contribution is 2.27. The summed E-state index contributed by atoms with van der Waals surface area (Å²) >= 11 is 22.2. The molecule has 0 radical (unpaired) electrons. The molecule has 0 aromatic heterocycles. The van der Waals surface area contributed by atoms with Crippen molar-refractivity contribution in [3.05, 3.63) is 21.4 Å². The van der Waals surface area contributed by atoms with E-state index >= 15 is 0 Å². The van der Waals surface area contributed by atoms with E-state index in [1.54, 1.807) is 0 Å². The second kappa shape index (κ2) is 3.09. The van der Waals surface area contributed by atoms with Crippen LogP contribution in [0.4, 0.5) is 0 Å². The van der Waals surface area contributed by atoms with Crippen molar-refractivity contribution in [2.75, 3.05) is 0 Å². The van der Waals surface area contributed by atoms with Gasteiger partial charge < -0.3 is 0 Å². The van der Waals surface area contributed by atoms with E-state index in [2.05, 4.69) is 5.43 Å². The Morgan fingerprint density at radius 1 is 1.30 bits per heavy atom. The van der Waals surface area contributed by atoms with Crippen LogP contribution in [0.3, 0.4) is 0 Å². The van der Waals surface area contributed by atoms with Gasteiger partial charge in [-0.05, 0) is 0 Å². The molecule has 0 saturated heterocycles. The van der Waals surface area contributed by atoms with Crippen molar-refractivity contribution in [3.63, 3.8) is 0 Å². The van der Waals surface area contributed by atoms with E-state index in [0.717, 1.165) is 4.53 Å². The number of rotatable bonds is 0. The van der Waals surface area contributed by atoms with Gasteiger partial charge >= 0.3 is 0 Å². The Kier molecular flexibility index (Phi) is 2.58. The number of nitrogens with zero attached hydrogens (tertiary/aromatic N) is 1. The predicted octanol–water partition coefficient (Wildman–Crippen LogP) is 2.69. The van der Waals surface area contributed by atoms with Gasteiger partial charge in [-0.15, -0.1) is 0 Å². The minimum absolute atomic E-state index is 0.212. The third-order valence-electron chi connectivity index (χ3n) is 0.834. The van der Waals surface area contributed by atoms with E-state index in [9.17, 15) is 0 Å². The van der Waals surface area contributed by atoms with Crippen LogP contribution < -0.4 is 5.43 Å². The van der Waals surface area contributed by atoms with Gasteiger partial charge in [-0.2, -0.15) is 0 Å². The van der Waals surface area contributed by atoms with Gasteiger partial charge in [0, 0.05) is 11.8 Å². The molecule has 1 N–H and O–H groups in total. The Morgan fingerprint density at radius 2 is 1.90 bits per heavy atom. The highest BCUT2D eigenvalue weighted by Gasteiger charge is 2.13. The van der Waals surface area contributed by atoms with Crippen molar-refractivity contribution in [2.24, 2.45) is 0 Å². The average Bonchev–Trinajstić information content (AvgIpc) is 1.82. The van der Waals surface area contributed by atoms with Gasteiger partial charge in [-0.1, -0.05) is 34.8 Å². The highest BCUT2D eigenvalue weighted by molar-refractivity contribution is 6.48. The first-order valence-corrected chi connectivity index (χ1v) is 3.73. The van der Waals surface area contributed by atoms with Gasteiger partial charge in [-0.25, -0.2) is 4.53 Å². The third-order valence-corrected chi connectivity index (χ3v) is 2.16. The number of hydrogen-bond donors (Lipinski definition) is 1. The fourth-order valence-electron chi connectivity index (χ4n) is 0.436. The monoisotopic (exact) mass is 218 g/mol. The van der Waals surface area contributed by atoms with Gasteiger partial charge in [0.05, 0.1) is 16.3 Å². The van der Waals surface area contributed by atoms with Crippen LogP contribution in [-0.4, -0.2) is 4.53 Å². The standard InChI is InChI=1S/C4H2Cl4N2/c5-2-1-10(8)9-4(7)3(2)6/h1,9H. The summed E-state index contributed by atoms with van der Waals surface area (Å²) in [6, 6.07) is 0. The molecule has 1 heterocycles. The molecule has 1 aliphatic rings. The van der Waals surface area contributed by atoms with Gasteiger partial charge in [0.2, 0.25) is 0 Å². The van der Waals surface area contributed by atoms with Crippen molar-refractivity contribution in [1.29, 1.82) is 0 Å². The average molecular weight is 220 g/mol. The SMILES string of the molecule is ClC1=CN(Cl)NC(Cl)=C1Cl. The van der Waals surface area contributed by atoms with Gasteiger partial charge in [-0.3, -0.25) is 5.43 Å². The lowest BCUT2D eigenvalue weighted by atomic mass is 10.5. The maximum atomic E-state index is 5.58. The minimum Gasteiger partial charge on any atom is -0.272 e. The Balaban J connectivity index is 2.90. The van der Waals surface area contributed by atoms with Crippen molar-refractivity contribution in [1.82, 2.24) is 9.95 Å². The van der Waals surface area contributed by atoms with E-state index in [4.69, 9.17) is 46.6 Å². The first kappa shape index (κ1) is 8.34. The zero-order valence-electron chi connectivity index (χ0n) is 4.54. The van der Waals surface area contributed by atoms with Crippen LogP contribution in [0.2, 0.25) is 0 Å². The van der Waals surface area contributed by atoms with Gasteiger partial charge in [0.25, 0.3) is 0 Å². The molecule has 10 heavy (non-hydrogen) atoms. The van der Waals surface area contributed by atoms with Gasteiger partial charge in [0.1, 0.15) is 5.16 Å². The topological polar surface area (TPSA) is 15.3 Å². The Morgan fingerprint density at radius 3 is 2.40 bits per heavy atom. The Bertz CT molecular complexity index is 209. The van der Waals surface area contributed by atoms with Crippen LogP contribution in [0.5, 0.6) is 0 Å². The molecule has 0 atom stereocenters. The lowest BCUT2D eigenvalue weighted by Gasteiger charge is -2.18. The summed E-state index contributed by atoms with van der Waals surface area (Å²) in [5.74, 6) is 0. The van der Waals surface area contributed by atoms with E-state index in [1.807, 2.05) is 0 Å². The molecule has 2 nitrogen and oxygen atoms in total. The number of nitrogens with one attached hydrogen (secondary N) is 1. The molecule has 6 heteroatoms. The number of hydrazine groups is 1. The minimum atomic E-state index is 0.212. The van der Waals surface area contributed by atoms with Crippen LogP contribution in [0, 0.1) is 0 Å². The molecule has 0 fully saturated rings. The molecule has 0 aromatic carbocycles. The van der Waals surface area contributed by atoms with Gasteiger partial charge in [0.15, 0.2) is 0 Å². The van der Waals surface area contributed by atoms with Crippen LogP contribution in [0.1, 0.15) is 0 Å². The maximum Gasteiger partial charge on any atom is 0.142 e. The van der Waals surface area contributed by atoms with Crippen LogP contribution in [0.15, 0.2) is 21.4 Å². The van der Waals surface area contributed by atoms with E-state index in [-0.39, 0.29) is 10.2 Å². The summed E-state index contributed by atoms with van der Waals surface area (Å²) in [6.07, 6.45) is 1.40. The molecule has 0 aliphatic carbocycles. The van der Waals surface area contributed by atoms with Crippen molar-refractivity contribution in [3.8, 4) is 0 Å². The predicted molar refractivity (Wildman–Crippen MR) is 43.5 cm³/mol. The van der Waals surface area contributed by atoms with Crippen LogP contribution >= 0.6 is 46.6 Å². The second-order valence-corrected chi connectivity index (χ2v) is 3.06. The summed E-state index contributed by atoms with van der Waals surface area (Å²) in [7, 11) is 0. The molecular formula is C4H2Cl4N2. The maximum absolute atomic E-state index is 5.58. The molecule has 0 saturated carbocycles. The van der Waals surface area contributed by atoms with Crippen molar-refractivity contribution in [2.45, 2.75) is 0 Å². The highest BCUT2D eigenvalue weighted by atomic mass is 35.5. The number of allylic oxidation sites excluding steroid dienone is 2. The Hall–Kier alpha value is 0.240. The van der Waals surface area contributed by atoms with Crippen LogP contribution in [0.25, 0.3) is 0 Å². The lowest BCUT2D eigenvalue weighted by molar-refractivity contribution is 0.504. The molecule has 1 rings (SSSR count). The summed E-state index contributed by atoms with van der Waals surface area (Å²) < 4.78 is 1.09. The molecule has 0 amide bonds. The zero-order valence-corrected chi connectivity index (χ0v) is 7.56. The quantitative estimate of drug-likeness (QED) is 0.498. The normalized spacial score (nSPS) is 18.8. The van der Waals surface area contributed by atoms with Crippen molar-refractivity contribution >= 4 is 46.6 Å². The van der Waals surface area contributed by atoms with Crippen LogP contribution in [-0.2, 0) is 0 Å². The van der Waals surface area contributed by atoms with E-state index in [0.29, 0.717) is 5.03 Å². The molecule has 56 valence electrons. The summed E-state index contributed by atoms with van der Waals surface area (Å²) in [5.41, 5.74) is 2.51. The van der Waals surface area contributed by atoms with E-state index in [1.165, 1.54) is 6.20 Å². The zero-order chi connectivity index (χ0) is 7.72. The smallest absolute Gasteiger partial charge is 0.142 e. The fourth-order valence-corrected chi connectivity index (χ4v) is 1.24. The summed E-state index contributed by atoms with van der Waals surface area (Å²) in [4.78, 5) is 0. The van der Waals surface area contributed by atoms with E-state index < -0.39 is 0 Å². The third kappa shape index (κ3) is 1.64. The molecule has 0 bridgehead atoms. The number of halogens is 4. The molecule has 0 unspecified atom stereocenters. The molecule has 0 spiro atoms. The first-order valence-electron chi connectivity index (χ1n) is 2.26. The largest absolute Gasteiger partial charge is 0.272 e. The first-order chi connectivity index (χ1) is 4.61. The molecule has 1 aliphatic heterocycles. The molecular weight excluding hydrogens is 218 g/mol. The summed E-state index contributed by atoms with van der Waals surface area (Å²) in [5, 5.41) is 0.782. The van der Waals surface area contributed by atoms with Crippen molar-refractivity contribution < 1.29 is 0 Å². The molecule has 0 aromatic rings. The Labute approximate surface area is 78.1 Å². The number of hydrogen-bond acceptors (Lipinski definition) is 2. The second-order valence-electron chi connectivity index (χ2n) is 1.53. The lowest BCUT2D eigenvalue weighted by Crippen LogP contribution is -2.25. The fraction of sp³-hybridized carbons (Fsp3) is 0. The summed E-state index contributed by atoms with van der Waals surface area (Å²) in [6.45, 7) is 0.